The quantitative estimate of drug-likeness (QED) is 0.257. The van der Waals surface area contributed by atoms with Crippen molar-refractivity contribution in [2.24, 2.45) is 0 Å². The molecule has 4 heteroatoms. The van der Waals surface area contributed by atoms with Crippen LogP contribution in [0.4, 0.5) is 0 Å². The van der Waals surface area contributed by atoms with Gasteiger partial charge in [0.25, 0.3) is 0 Å². The summed E-state index contributed by atoms with van der Waals surface area (Å²) >= 11 is 0. The molecule has 0 aromatic heterocycles. The van der Waals surface area contributed by atoms with E-state index in [1.54, 1.807) is 60.7 Å². The lowest BCUT2D eigenvalue weighted by molar-refractivity contribution is 0.0725. The molecule has 164 valence electrons. The van der Waals surface area contributed by atoms with Gasteiger partial charge in [0.05, 0.1) is 11.1 Å². The molecular weight excluding hydrogens is 412 g/mol. The first-order valence-electron chi connectivity index (χ1n) is 10.7. The zero-order valence-electron chi connectivity index (χ0n) is 18.5. The van der Waals surface area contributed by atoms with Gasteiger partial charge in [-0.25, -0.2) is 9.59 Å². The maximum atomic E-state index is 12.4. The van der Waals surface area contributed by atoms with E-state index in [1.807, 2.05) is 48.5 Å². The van der Waals surface area contributed by atoms with Gasteiger partial charge in [0.1, 0.15) is 11.5 Å². The van der Waals surface area contributed by atoms with Crippen molar-refractivity contribution in [3.63, 3.8) is 0 Å². The highest BCUT2D eigenvalue weighted by molar-refractivity contribution is 5.91. The lowest BCUT2D eigenvalue weighted by Crippen LogP contribution is -2.19. The number of carbonyl (C=O) groups excluding carboxylic acids is 2. The van der Waals surface area contributed by atoms with Crippen molar-refractivity contribution in [3.8, 4) is 11.5 Å². The van der Waals surface area contributed by atoms with Gasteiger partial charge in [-0.1, -0.05) is 74.5 Å². The molecule has 0 N–H and O–H groups in total. The zero-order chi connectivity index (χ0) is 23.3. The second kappa shape index (κ2) is 9.53. The Morgan fingerprint density at radius 1 is 0.545 bits per heavy atom. The predicted octanol–water partition coefficient (Wildman–Crippen LogP) is 6.45. The second-order valence-electron chi connectivity index (χ2n) is 8.19. The number of ether oxygens (including phenoxy) is 2. The summed E-state index contributed by atoms with van der Waals surface area (Å²) in [4.78, 5) is 24.9. The minimum Gasteiger partial charge on any atom is -0.423 e. The molecule has 0 aliphatic heterocycles. The van der Waals surface area contributed by atoms with Gasteiger partial charge in [-0.05, 0) is 59.7 Å². The van der Waals surface area contributed by atoms with Crippen LogP contribution in [0.2, 0.25) is 0 Å². The van der Waals surface area contributed by atoms with E-state index in [9.17, 15) is 9.59 Å². The van der Waals surface area contributed by atoms with E-state index in [1.165, 1.54) is 0 Å². The fourth-order valence-corrected chi connectivity index (χ4v) is 3.54. The largest absolute Gasteiger partial charge is 0.423 e. The molecule has 4 nitrogen and oxygen atoms in total. The Morgan fingerprint density at radius 2 is 0.939 bits per heavy atom. The number of esters is 2. The summed E-state index contributed by atoms with van der Waals surface area (Å²) in [5.41, 5.74) is 2.50. The van der Waals surface area contributed by atoms with E-state index in [2.05, 4.69) is 13.8 Å². The van der Waals surface area contributed by atoms with Crippen molar-refractivity contribution in [1.29, 1.82) is 0 Å². The van der Waals surface area contributed by atoms with Crippen LogP contribution in [0, 0.1) is 0 Å². The Hall–Kier alpha value is -4.18. The van der Waals surface area contributed by atoms with Crippen LogP contribution in [-0.2, 0) is 5.41 Å². The molecule has 0 fully saturated rings. The van der Waals surface area contributed by atoms with E-state index in [4.69, 9.17) is 9.47 Å². The molecule has 0 aliphatic carbocycles. The van der Waals surface area contributed by atoms with Crippen LogP contribution in [0.15, 0.2) is 109 Å². The Balaban J connectivity index is 1.54. The Morgan fingerprint density at radius 3 is 1.33 bits per heavy atom. The summed E-state index contributed by atoms with van der Waals surface area (Å²) in [5, 5.41) is 0. The van der Waals surface area contributed by atoms with Gasteiger partial charge in [-0.3, -0.25) is 0 Å². The van der Waals surface area contributed by atoms with Gasteiger partial charge >= 0.3 is 11.9 Å². The van der Waals surface area contributed by atoms with Gasteiger partial charge < -0.3 is 9.47 Å². The normalized spacial score (nSPS) is 11.0. The molecule has 0 bridgehead atoms. The third-order valence-corrected chi connectivity index (χ3v) is 5.55. The lowest BCUT2D eigenvalue weighted by Gasteiger charge is -2.27. The number of hydrogen-bond acceptors (Lipinski definition) is 4. The summed E-state index contributed by atoms with van der Waals surface area (Å²) in [6.45, 7) is 4.15. The second-order valence-corrected chi connectivity index (χ2v) is 8.19. The molecule has 0 saturated heterocycles. The number of carbonyl (C=O) groups is 2. The summed E-state index contributed by atoms with van der Waals surface area (Å²) in [6, 6.07) is 32.7. The van der Waals surface area contributed by atoms with Gasteiger partial charge in [-0.2, -0.15) is 0 Å². The number of hydrogen-bond donors (Lipinski definition) is 0. The molecule has 4 rings (SSSR count). The van der Waals surface area contributed by atoms with Gasteiger partial charge in [0, 0.05) is 5.41 Å². The van der Waals surface area contributed by atoms with Crippen molar-refractivity contribution in [2.45, 2.75) is 19.3 Å². The summed E-state index contributed by atoms with van der Waals surface area (Å²) in [7, 11) is 0. The molecule has 0 radical (unpaired) electrons. The first-order valence-corrected chi connectivity index (χ1v) is 10.7. The van der Waals surface area contributed by atoms with Gasteiger partial charge in [0.15, 0.2) is 0 Å². The van der Waals surface area contributed by atoms with Crippen LogP contribution in [0.3, 0.4) is 0 Å². The minimum absolute atomic E-state index is 0.402. The van der Waals surface area contributed by atoms with Crippen molar-refractivity contribution in [3.05, 3.63) is 131 Å². The maximum absolute atomic E-state index is 12.4. The van der Waals surface area contributed by atoms with Gasteiger partial charge in [-0.15, -0.1) is 0 Å². The highest BCUT2D eigenvalue weighted by atomic mass is 16.5. The molecule has 0 atom stereocenters. The van der Waals surface area contributed by atoms with E-state index in [0.29, 0.717) is 22.6 Å². The first kappa shape index (κ1) is 22.0. The van der Waals surface area contributed by atoms with E-state index < -0.39 is 17.4 Å². The molecule has 0 spiro atoms. The zero-order valence-corrected chi connectivity index (χ0v) is 18.5. The van der Waals surface area contributed by atoms with Crippen LogP contribution >= 0.6 is 0 Å². The van der Waals surface area contributed by atoms with Crippen molar-refractivity contribution >= 4 is 11.9 Å². The number of benzene rings is 4. The average molecular weight is 437 g/mol. The topological polar surface area (TPSA) is 52.6 Å². The highest BCUT2D eigenvalue weighted by Crippen LogP contribution is 2.35. The van der Waals surface area contributed by atoms with Gasteiger partial charge in [0.2, 0.25) is 0 Å². The smallest absolute Gasteiger partial charge is 0.343 e. The molecule has 4 aromatic carbocycles. The average Bonchev–Trinajstić information content (AvgIpc) is 2.85. The third kappa shape index (κ3) is 5.18. The Bertz CT molecular complexity index is 1160. The van der Waals surface area contributed by atoms with Crippen molar-refractivity contribution in [1.82, 2.24) is 0 Å². The van der Waals surface area contributed by atoms with Crippen molar-refractivity contribution in [2.75, 3.05) is 0 Å². The van der Waals surface area contributed by atoms with Crippen LogP contribution in [0.25, 0.3) is 0 Å². The summed E-state index contributed by atoms with van der Waals surface area (Å²) in [6.07, 6.45) is 0. The summed E-state index contributed by atoms with van der Waals surface area (Å²) in [5.74, 6) is 0.142. The van der Waals surface area contributed by atoms with E-state index >= 15 is 0 Å². The fourth-order valence-electron chi connectivity index (χ4n) is 3.54. The molecule has 0 aliphatic rings. The van der Waals surface area contributed by atoms with Crippen LogP contribution in [0.5, 0.6) is 11.5 Å². The highest BCUT2D eigenvalue weighted by Gasteiger charge is 2.25. The molecular formula is C29H24O4. The van der Waals surface area contributed by atoms with E-state index in [0.717, 1.165) is 11.1 Å². The van der Waals surface area contributed by atoms with Crippen LogP contribution < -0.4 is 9.47 Å². The maximum Gasteiger partial charge on any atom is 0.343 e. The fraction of sp³-hybridized carbons (Fsp3) is 0.103. The molecule has 33 heavy (non-hydrogen) atoms. The monoisotopic (exact) mass is 436 g/mol. The molecule has 0 amide bonds. The Kier molecular flexibility index (Phi) is 6.36. The summed E-state index contributed by atoms with van der Waals surface area (Å²) < 4.78 is 11.2. The first-order chi connectivity index (χ1) is 15.9. The SMILES string of the molecule is CC(C)(c1cccc(OC(=O)c2ccccc2)c1)c1cccc(OC(=O)c2ccccc2)c1. The minimum atomic E-state index is -0.426. The van der Waals surface area contributed by atoms with Crippen LogP contribution in [-0.4, -0.2) is 11.9 Å². The molecule has 0 heterocycles. The predicted molar refractivity (Wildman–Crippen MR) is 128 cm³/mol. The number of rotatable bonds is 6. The molecule has 0 saturated carbocycles. The standard InChI is InChI=1S/C29H24O4/c1-29(2,23-15-9-17-25(19-23)32-27(30)21-11-5-3-6-12-21)24-16-10-18-26(20-24)33-28(31)22-13-7-4-8-14-22/h3-20H,1-2H3. The van der Waals surface area contributed by atoms with Crippen molar-refractivity contribution < 1.29 is 19.1 Å². The van der Waals surface area contributed by atoms with Crippen LogP contribution in [0.1, 0.15) is 45.7 Å². The molecule has 0 unspecified atom stereocenters. The third-order valence-electron chi connectivity index (χ3n) is 5.55. The molecule has 4 aromatic rings. The van der Waals surface area contributed by atoms with E-state index in [-0.39, 0.29) is 0 Å². The Labute approximate surface area is 193 Å². The lowest BCUT2D eigenvalue weighted by atomic mass is 9.78.